The Labute approximate surface area is 238 Å². The Kier molecular flexibility index (Phi) is 6.73. The number of benzene rings is 4. The lowest BCUT2D eigenvalue weighted by Gasteiger charge is -2.23. The average Bonchev–Trinajstić information content (AvgIpc) is 3.38. The van der Waals surface area contributed by atoms with Crippen LogP contribution in [-0.4, -0.2) is 30.4 Å². The van der Waals surface area contributed by atoms with Crippen molar-refractivity contribution in [2.24, 2.45) is 5.10 Å². The van der Waals surface area contributed by atoms with Crippen molar-refractivity contribution in [3.8, 4) is 11.3 Å². The number of hydrazone groups is 1. The molecule has 1 unspecified atom stereocenters. The molecule has 2 heterocycles. The zero-order valence-corrected chi connectivity index (χ0v) is 23.5. The van der Waals surface area contributed by atoms with Crippen molar-refractivity contribution in [1.29, 1.82) is 0 Å². The van der Waals surface area contributed by atoms with Crippen molar-refractivity contribution >= 4 is 49.9 Å². The number of fused-ring (bicyclic) bond motifs is 1. The third-order valence-corrected chi connectivity index (χ3v) is 7.63. The SMILES string of the molecule is Cc1ccc(C2CC(c3ccccc3NS(C)(=O)=O)=NN2c2nc(-c3ccccc3)c3cc(Cl)ccc3n2)cc1. The van der Waals surface area contributed by atoms with Crippen LogP contribution in [0.15, 0.2) is 102 Å². The van der Waals surface area contributed by atoms with Crippen LogP contribution in [-0.2, 0) is 10.0 Å². The number of aromatic nitrogens is 2. The molecule has 0 radical (unpaired) electrons. The van der Waals surface area contributed by atoms with E-state index in [0.29, 0.717) is 28.6 Å². The van der Waals surface area contributed by atoms with E-state index >= 15 is 0 Å². The zero-order valence-electron chi connectivity index (χ0n) is 21.9. The number of hydrogen-bond donors (Lipinski definition) is 1. The molecule has 1 aliphatic heterocycles. The van der Waals surface area contributed by atoms with Gasteiger partial charge in [0, 0.05) is 28.0 Å². The molecule has 200 valence electrons. The van der Waals surface area contributed by atoms with E-state index in [1.54, 1.807) is 12.1 Å². The number of hydrogen-bond acceptors (Lipinski definition) is 6. The molecular formula is C31H26ClN5O2S. The van der Waals surface area contributed by atoms with Crippen molar-refractivity contribution in [1.82, 2.24) is 9.97 Å². The molecule has 0 saturated carbocycles. The predicted octanol–water partition coefficient (Wildman–Crippen LogP) is 6.99. The zero-order chi connectivity index (χ0) is 27.9. The Bertz CT molecular complexity index is 1860. The Hall–Kier alpha value is -4.27. The van der Waals surface area contributed by atoms with Crippen molar-refractivity contribution in [3.63, 3.8) is 0 Å². The van der Waals surface area contributed by atoms with E-state index in [1.807, 2.05) is 65.7 Å². The van der Waals surface area contributed by atoms with E-state index in [4.69, 9.17) is 26.7 Å². The van der Waals surface area contributed by atoms with Crippen LogP contribution in [0, 0.1) is 6.92 Å². The summed E-state index contributed by atoms with van der Waals surface area (Å²) in [5.41, 5.74) is 6.58. The fraction of sp³-hybridized carbons (Fsp3) is 0.129. The first kappa shape index (κ1) is 26.0. The molecule has 7 nitrogen and oxygen atoms in total. The van der Waals surface area contributed by atoms with Gasteiger partial charge in [-0.05, 0) is 36.8 Å². The van der Waals surface area contributed by atoms with Gasteiger partial charge in [-0.15, -0.1) is 0 Å². The van der Waals surface area contributed by atoms with Crippen LogP contribution in [0.2, 0.25) is 5.02 Å². The number of para-hydroxylation sites is 1. The fourth-order valence-electron chi connectivity index (χ4n) is 4.94. The van der Waals surface area contributed by atoms with Gasteiger partial charge in [-0.2, -0.15) is 5.10 Å². The molecule has 0 amide bonds. The second-order valence-electron chi connectivity index (χ2n) is 9.84. The van der Waals surface area contributed by atoms with E-state index in [9.17, 15) is 8.42 Å². The van der Waals surface area contributed by atoms with E-state index < -0.39 is 10.0 Å². The summed E-state index contributed by atoms with van der Waals surface area (Å²) in [5, 5.41) is 8.32. The quantitative estimate of drug-likeness (QED) is 0.239. The van der Waals surface area contributed by atoms with Crippen molar-refractivity contribution in [3.05, 3.63) is 119 Å². The highest BCUT2D eigenvalue weighted by Crippen LogP contribution is 2.39. The summed E-state index contributed by atoms with van der Waals surface area (Å²) in [4.78, 5) is 9.96. The lowest BCUT2D eigenvalue weighted by atomic mass is 9.97. The second-order valence-corrected chi connectivity index (χ2v) is 12.0. The van der Waals surface area contributed by atoms with Gasteiger partial charge in [-0.25, -0.2) is 23.4 Å². The maximum absolute atomic E-state index is 12.1. The molecule has 1 atom stereocenters. The van der Waals surface area contributed by atoms with Gasteiger partial charge in [-0.3, -0.25) is 4.72 Å². The lowest BCUT2D eigenvalue weighted by Crippen LogP contribution is -2.21. The summed E-state index contributed by atoms with van der Waals surface area (Å²) in [6, 6.07) is 30.9. The molecular weight excluding hydrogens is 542 g/mol. The number of anilines is 2. The second kappa shape index (κ2) is 10.4. The molecule has 0 bridgehead atoms. The van der Waals surface area contributed by atoms with Gasteiger partial charge in [-0.1, -0.05) is 90.0 Å². The summed E-state index contributed by atoms with van der Waals surface area (Å²) in [6.07, 6.45) is 1.68. The number of rotatable bonds is 6. The summed E-state index contributed by atoms with van der Waals surface area (Å²) in [6.45, 7) is 2.05. The average molecular weight is 568 g/mol. The molecule has 6 rings (SSSR count). The Morgan fingerprint density at radius 3 is 2.38 bits per heavy atom. The molecule has 4 aromatic carbocycles. The number of aryl methyl sites for hydroxylation is 1. The minimum absolute atomic E-state index is 0.199. The van der Waals surface area contributed by atoms with Gasteiger partial charge in [0.25, 0.3) is 0 Å². The Morgan fingerprint density at radius 1 is 0.900 bits per heavy atom. The first-order chi connectivity index (χ1) is 19.2. The largest absolute Gasteiger partial charge is 0.283 e. The monoisotopic (exact) mass is 567 g/mol. The maximum atomic E-state index is 12.1. The van der Waals surface area contributed by atoms with Gasteiger partial charge in [0.15, 0.2) is 0 Å². The van der Waals surface area contributed by atoms with E-state index in [-0.39, 0.29) is 6.04 Å². The third-order valence-electron chi connectivity index (χ3n) is 6.80. The molecule has 0 saturated heterocycles. The van der Waals surface area contributed by atoms with Crippen LogP contribution < -0.4 is 9.73 Å². The minimum atomic E-state index is -3.48. The van der Waals surface area contributed by atoms with Crippen LogP contribution in [0.4, 0.5) is 11.6 Å². The highest BCUT2D eigenvalue weighted by atomic mass is 35.5. The van der Waals surface area contributed by atoms with Gasteiger partial charge in [0.2, 0.25) is 16.0 Å². The molecule has 9 heteroatoms. The number of nitrogens with zero attached hydrogens (tertiary/aromatic N) is 4. The van der Waals surface area contributed by atoms with Gasteiger partial charge in [0.05, 0.1) is 34.9 Å². The lowest BCUT2D eigenvalue weighted by molar-refractivity contribution is 0.607. The van der Waals surface area contributed by atoms with E-state index in [1.165, 1.54) is 0 Å². The van der Waals surface area contributed by atoms with Crippen LogP contribution in [0.25, 0.3) is 22.2 Å². The summed E-state index contributed by atoms with van der Waals surface area (Å²) < 4.78 is 26.8. The van der Waals surface area contributed by atoms with Crippen molar-refractivity contribution < 1.29 is 8.42 Å². The molecule has 0 fully saturated rings. The van der Waals surface area contributed by atoms with Gasteiger partial charge >= 0.3 is 0 Å². The molecule has 5 aromatic rings. The molecule has 1 aromatic heterocycles. The Balaban J connectivity index is 1.54. The minimum Gasteiger partial charge on any atom is -0.283 e. The van der Waals surface area contributed by atoms with Crippen molar-refractivity contribution in [2.45, 2.75) is 19.4 Å². The van der Waals surface area contributed by atoms with Crippen LogP contribution in [0.3, 0.4) is 0 Å². The summed E-state index contributed by atoms with van der Waals surface area (Å²) >= 11 is 6.37. The van der Waals surface area contributed by atoms with Gasteiger partial charge in [0.1, 0.15) is 0 Å². The molecule has 1 N–H and O–H groups in total. The molecule has 1 aliphatic rings. The first-order valence-corrected chi connectivity index (χ1v) is 15.1. The topological polar surface area (TPSA) is 87.5 Å². The maximum Gasteiger partial charge on any atom is 0.247 e. The van der Waals surface area contributed by atoms with Crippen LogP contribution in [0.1, 0.15) is 29.2 Å². The summed E-state index contributed by atoms with van der Waals surface area (Å²) in [5.74, 6) is 0.447. The van der Waals surface area contributed by atoms with E-state index in [0.717, 1.165) is 45.3 Å². The smallest absolute Gasteiger partial charge is 0.247 e. The van der Waals surface area contributed by atoms with Crippen LogP contribution in [0.5, 0.6) is 0 Å². The first-order valence-electron chi connectivity index (χ1n) is 12.8. The van der Waals surface area contributed by atoms with Crippen molar-refractivity contribution in [2.75, 3.05) is 16.0 Å². The number of halogens is 1. The third kappa shape index (κ3) is 5.28. The molecule has 40 heavy (non-hydrogen) atoms. The van der Waals surface area contributed by atoms with E-state index in [2.05, 4.69) is 35.9 Å². The fourth-order valence-corrected chi connectivity index (χ4v) is 5.69. The molecule has 0 spiro atoms. The predicted molar refractivity (Wildman–Crippen MR) is 162 cm³/mol. The van der Waals surface area contributed by atoms with Gasteiger partial charge < -0.3 is 0 Å². The Morgan fingerprint density at radius 2 is 1.62 bits per heavy atom. The number of sulfonamides is 1. The normalized spacial score (nSPS) is 15.3. The molecule has 0 aliphatic carbocycles. The number of nitrogens with one attached hydrogen (secondary N) is 1. The summed E-state index contributed by atoms with van der Waals surface area (Å²) in [7, 11) is -3.48. The highest BCUT2D eigenvalue weighted by molar-refractivity contribution is 7.92. The van der Waals surface area contributed by atoms with Crippen LogP contribution >= 0.6 is 11.6 Å². The highest BCUT2D eigenvalue weighted by Gasteiger charge is 2.33. The standard InChI is InChI=1S/C31H26ClN5O2S/c1-20-12-14-21(15-13-20)29-19-28(24-10-6-7-11-27(24)36-40(2,38)39)35-37(29)31-33-26-17-16-23(32)18-25(26)30(34-31)22-8-4-3-5-9-22/h3-18,29,36H,19H2,1-2H3.